The van der Waals surface area contributed by atoms with Crippen LogP contribution in [-0.2, 0) is 14.6 Å². The van der Waals surface area contributed by atoms with Crippen molar-refractivity contribution in [2.24, 2.45) is 5.92 Å². The normalized spacial score (nSPS) is 24.1. The first-order chi connectivity index (χ1) is 11.4. The van der Waals surface area contributed by atoms with Crippen molar-refractivity contribution in [3.8, 4) is 0 Å². The highest BCUT2D eigenvalue weighted by Crippen LogP contribution is 2.37. The zero-order valence-corrected chi connectivity index (χ0v) is 15.9. The Bertz CT molecular complexity index is 894. The van der Waals surface area contributed by atoms with Gasteiger partial charge in [-0.15, -0.1) is 0 Å². The predicted octanol–water partition coefficient (Wildman–Crippen LogP) is 2.90. The first-order valence-corrected chi connectivity index (χ1v) is 10.6. The molecule has 2 aliphatic heterocycles. The van der Waals surface area contributed by atoms with Crippen molar-refractivity contribution in [1.29, 1.82) is 0 Å². The SMILES string of the molecule is O=S1(=O)CCOCC1C1CN(c2cc(Br)cc3cc(Cl)ncc23)C1. The van der Waals surface area contributed by atoms with Gasteiger partial charge in [-0.1, -0.05) is 27.5 Å². The third-order valence-corrected chi connectivity index (χ3v) is 7.62. The molecule has 8 heteroatoms. The Labute approximate surface area is 154 Å². The van der Waals surface area contributed by atoms with Crippen LogP contribution in [0.3, 0.4) is 0 Å². The quantitative estimate of drug-likeness (QED) is 0.684. The highest BCUT2D eigenvalue weighted by Gasteiger charge is 2.42. The van der Waals surface area contributed by atoms with Gasteiger partial charge >= 0.3 is 0 Å². The molecule has 4 rings (SSSR count). The zero-order valence-electron chi connectivity index (χ0n) is 12.8. The van der Waals surface area contributed by atoms with E-state index in [0.717, 1.165) is 20.9 Å². The van der Waals surface area contributed by atoms with Gasteiger partial charge in [-0.2, -0.15) is 0 Å². The first-order valence-electron chi connectivity index (χ1n) is 7.73. The average Bonchev–Trinajstić information content (AvgIpc) is 2.46. The fraction of sp³-hybridized carbons (Fsp3) is 0.438. The third-order valence-electron chi connectivity index (χ3n) is 4.78. The molecule has 2 aliphatic rings. The van der Waals surface area contributed by atoms with Gasteiger partial charge in [-0.05, 0) is 23.6 Å². The van der Waals surface area contributed by atoms with Crippen LogP contribution >= 0.6 is 27.5 Å². The van der Waals surface area contributed by atoms with Crippen molar-refractivity contribution < 1.29 is 13.2 Å². The van der Waals surface area contributed by atoms with E-state index in [2.05, 4.69) is 25.8 Å². The number of hydrogen-bond donors (Lipinski definition) is 0. The van der Waals surface area contributed by atoms with E-state index < -0.39 is 9.84 Å². The number of hydrogen-bond acceptors (Lipinski definition) is 5. The molecule has 0 radical (unpaired) electrons. The van der Waals surface area contributed by atoms with E-state index in [-0.39, 0.29) is 16.9 Å². The Morgan fingerprint density at radius 2 is 2.08 bits per heavy atom. The highest BCUT2D eigenvalue weighted by atomic mass is 79.9. The van der Waals surface area contributed by atoms with Gasteiger partial charge in [-0.3, -0.25) is 0 Å². The predicted molar refractivity (Wildman–Crippen MR) is 98.5 cm³/mol. The Morgan fingerprint density at radius 3 is 2.83 bits per heavy atom. The number of nitrogens with zero attached hydrogens (tertiary/aromatic N) is 2. The molecule has 0 aliphatic carbocycles. The molecule has 0 saturated carbocycles. The highest BCUT2D eigenvalue weighted by molar-refractivity contribution is 9.10. The van der Waals surface area contributed by atoms with Gasteiger partial charge < -0.3 is 9.64 Å². The van der Waals surface area contributed by atoms with Gasteiger partial charge in [0.25, 0.3) is 0 Å². The van der Waals surface area contributed by atoms with E-state index in [0.29, 0.717) is 31.5 Å². The monoisotopic (exact) mass is 430 g/mol. The standard InChI is InChI=1S/C16H16BrClN2O3S/c17-12-3-10-4-16(18)19-6-13(10)14(5-12)20-7-11(8-20)15-9-23-1-2-24(15,21)22/h3-6,11,15H,1-2,7-9H2. The largest absolute Gasteiger partial charge is 0.379 e. The Hall–Kier alpha value is -0.890. The lowest BCUT2D eigenvalue weighted by atomic mass is 9.94. The number of benzene rings is 1. The molecule has 1 aromatic heterocycles. The molecule has 2 saturated heterocycles. The van der Waals surface area contributed by atoms with Crippen LogP contribution in [0.5, 0.6) is 0 Å². The molecule has 0 spiro atoms. The lowest BCUT2D eigenvalue weighted by molar-refractivity contribution is 0.119. The zero-order chi connectivity index (χ0) is 16.9. The maximum Gasteiger partial charge on any atom is 0.158 e. The summed E-state index contributed by atoms with van der Waals surface area (Å²) in [5, 5.41) is 2.10. The van der Waals surface area contributed by atoms with Crippen molar-refractivity contribution >= 4 is 53.8 Å². The van der Waals surface area contributed by atoms with Crippen LogP contribution in [0.1, 0.15) is 0 Å². The topological polar surface area (TPSA) is 59.5 Å². The summed E-state index contributed by atoms with van der Waals surface area (Å²) in [5.41, 5.74) is 1.05. The molecule has 128 valence electrons. The summed E-state index contributed by atoms with van der Waals surface area (Å²) in [5.74, 6) is 0.251. The fourth-order valence-corrected chi connectivity index (χ4v) is 5.79. The summed E-state index contributed by atoms with van der Waals surface area (Å²) >= 11 is 9.52. The van der Waals surface area contributed by atoms with Gasteiger partial charge in [0.2, 0.25) is 0 Å². The molecule has 2 aromatic rings. The van der Waals surface area contributed by atoms with Gasteiger partial charge in [0, 0.05) is 40.8 Å². The number of rotatable bonds is 2. The van der Waals surface area contributed by atoms with Crippen LogP contribution in [0.25, 0.3) is 10.8 Å². The van der Waals surface area contributed by atoms with E-state index in [9.17, 15) is 8.42 Å². The van der Waals surface area contributed by atoms with Crippen LogP contribution < -0.4 is 4.90 Å². The number of aromatic nitrogens is 1. The molecule has 3 heterocycles. The molecule has 1 atom stereocenters. The molecular weight excluding hydrogens is 416 g/mol. The number of ether oxygens (including phenoxy) is 1. The summed E-state index contributed by atoms with van der Waals surface area (Å²) in [6.45, 7) is 2.05. The van der Waals surface area contributed by atoms with Gasteiger partial charge in [0.05, 0.1) is 24.2 Å². The van der Waals surface area contributed by atoms with Crippen LogP contribution in [0, 0.1) is 5.92 Å². The van der Waals surface area contributed by atoms with Crippen LogP contribution in [0.4, 0.5) is 5.69 Å². The van der Waals surface area contributed by atoms with Crippen molar-refractivity contribution in [3.63, 3.8) is 0 Å². The second-order valence-corrected chi connectivity index (χ2v) is 9.94. The van der Waals surface area contributed by atoms with Crippen LogP contribution in [-0.4, -0.2) is 50.7 Å². The van der Waals surface area contributed by atoms with E-state index in [1.54, 1.807) is 6.20 Å². The molecular formula is C16H16BrClN2O3S. The molecule has 0 amide bonds. The van der Waals surface area contributed by atoms with Crippen LogP contribution in [0.15, 0.2) is 28.9 Å². The maximum absolute atomic E-state index is 12.2. The Balaban J connectivity index is 1.60. The Kier molecular flexibility index (Phi) is 4.23. The minimum atomic E-state index is -3.04. The number of halogens is 2. The van der Waals surface area contributed by atoms with Crippen LogP contribution in [0.2, 0.25) is 5.15 Å². The average molecular weight is 432 g/mol. The Morgan fingerprint density at radius 1 is 1.29 bits per heavy atom. The molecule has 1 aromatic carbocycles. The first kappa shape index (κ1) is 16.6. The minimum absolute atomic E-state index is 0.115. The van der Waals surface area contributed by atoms with E-state index in [1.807, 2.05) is 18.2 Å². The second kappa shape index (κ2) is 6.12. The summed E-state index contributed by atoms with van der Waals surface area (Å²) in [6, 6.07) is 5.88. The number of anilines is 1. The smallest absolute Gasteiger partial charge is 0.158 e. The van der Waals surface area contributed by atoms with Crippen molar-refractivity contribution in [3.05, 3.63) is 34.0 Å². The molecule has 5 nitrogen and oxygen atoms in total. The molecule has 0 N–H and O–H groups in total. The number of sulfone groups is 1. The number of fused-ring (bicyclic) bond motifs is 1. The summed E-state index contributed by atoms with van der Waals surface area (Å²) in [7, 11) is -3.04. The van der Waals surface area contributed by atoms with Crippen molar-refractivity contribution in [2.75, 3.05) is 37.0 Å². The summed E-state index contributed by atoms with van der Waals surface area (Å²) in [6.07, 6.45) is 1.77. The minimum Gasteiger partial charge on any atom is -0.379 e. The van der Waals surface area contributed by atoms with Gasteiger partial charge in [0.15, 0.2) is 9.84 Å². The third kappa shape index (κ3) is 2.92. The summed E-state index contributed by atoms with van der Waals surface area (Å²) < 4.78 is 30.8. The number of pyridine rings is 1. The maximum atomic E-state index is 12.2. The lowest BCUT2D eigenvalue weighted by Crippen LogP contribution is -2.57. The summed E-state index contributed by atoms with van der Waals surface area (Å²) in [4.78, 5) is 6.37. The second-order valence-electron chi connectivity index (χ2n) is 6.30. The van der Waals surface area contributed by atoms with E-state index in [4.69, 9.17) is 16.3 Å². The van der Waals surface area contributed by atoms with Crippen molar-refractivity contribution in [2.45, 2.75) is 5.25 Å². The molecule has 1 unspecified atom stereocenters. The fourth-order valence-electron chi connectivity index (χ4n) is 3.44. The molecule has 2 fully saturated rings. The van der Waals surface area contributed by atoms with E-state index >= 15 is 0 Å². The lowest BCUT2D eigenvalue weighted by Gasteiger charge is -2.45. The molecule has 0 bridgehead atoms. The van der Waals surface area contributed by atoms with Gasteiger partial charge in [0.1, 0.15) is 5.15 Å². The molecule has 24 heavy (non-hydrogen) atoms. The van der Waals surface area contributed by atoms with Gasteiger partial charge in [-0.25, -0.2) is 13.4 Å². The van der Waals surface area contributed by atoms with E-state index in [1.165, 1.54) is 0 Å². The van der Waals surface area contributed by atoms with Crippen molar-refractivity contribution in [1.82, 2.24) is 4.98 Å².